The molecule has 0 bridgehead atoms. The SMILES string of the molecule is B.CCCCCCCN. The molecule has 0 aromatic carbocycles. The maximum atomic E-state index is 5.31. The quantitative estimate of drug-likeness (QED) is 0.429. The first-order valence-corrected chi connectivity index (χ1v) is 3.62. The molecule has 0 atom stereocenters. The van der Waals surface area contributed by atoms with Gasteiger partial charge in [-0.2, -0.15) is 0 Å². The van der Waals surface area contributed by atoms with Gasteiger partial charge in [0, 0.05) is 0 Å². The van der Waals surface area contributed by atoms with E-state index in [1.807, 2.05) is 0 Å². The van der Waals surface area contributed by atoms with Crippen LogP contribution in [0.25, 0.3) is 0 Å². The van der Waals surface area contributed by atoms with Gasteiger partial charge < -0.3 is 5.73 Å². The molecule has 0 heterocycles. The van der Waals surface area contributed by atoms with Gasteiger partial charge in [-0.15, -0.1) is 0 Å². The van der Waals surface area contributed by atoms with E-state index in [1.54, 1.807) is 0 Å². The molecule has 2 heteroatoms. The lowest BCUT2D eigenvalue weighted by molar-refractivity contribution is 0.638. The largest absolute Gasteiger partial charge is 0.330 e. The van der Waals surface area contributed by atoms with Crippen molar-refractivity contribution in [3.8, 4) is 0 Å². The van der Waals surface area contributed by atoms with E-state index in [0.717, 1.165) is 6.54 Å². The Balaban J connectivity index is 0. The molecule has 56 valence electrons. The maximum Gasteiger partial charge on any atom is 0.0814 e. The first kappa shape index (κ1) is 11.8. The molecule has 9 heavy (non-hydrogen) atoms. The predicted octanol–water partition coefficient (Wildman–Crippen LogP) is 0.732. The van der Waals surface area contributed by atoms with Crippen LogP contribution in [0.15, 0.2) is 0 Å². The van der Waals surface area contributed by atoms with Gasteiger partial charge >= 0.3 is 0 Å². The Kier molecular flexibility index (Phi) is 14.3. The van der Waals surface area contributed by atoms with Crippen LogP contribution in [-0.2, 0) is 0 Å². The van der Waals surface area contributed by atoms with Crippen molar-refractivity contribution in [3.05, 3.63) is 0 Å². The topological polar surface area (TPSA) is 26.0 Å². The molecule has 0 fully saturated rings. The second kappa shape index (κ2) is 10.9. The molecule has 0 aliphatic carbocycles. The molecule has 0 aliphatic heterocycles. The minimum Gasteiger partial charge on any atom is -0.330 e. The predicted molar refractivity (Wildman–Crippen MR) is 47.8 cm³/mol. The van der Waals surface area contributed by atoms with E-state index in [2.05, 4.69) is 6.92 Å². The van der Waals surface area contributed by atoms with Crippen molar-refractivity contribution in [2.24, 2.45) is 5.73 Å². The summed E-state index contributed by atoms with van der Waals surface area (Å²) in [5.41, 5.74) is 5.31. The van der Waals surface area contributed by atoms with Crippen molar-refractivity contribution in [1.29, 1.82) is 0 Å². The van der Waals surface area contributed by atoms with Crippen molar-refractivity contribution in [2.45, 2.75) is 39.0 Å². The molecule has 0 aromatic rings. The van der Waals surface area contributed by atoms with E-state index in [4.69, 9.17) is 5.73 Å². The van der Waals surface area contributed by atoms with Crippen molar-refractivity contribution in [1.82, 2.24) is 0 Å². The highest BCUT2D eigenvalue weighted by Crippen LogP contribution is 2.00. The molecule has 0 saturated heterocycles. The second-order valence-corrected chi connectivity index (χ2v) is 2.20. The van der Waals surface area contributed by atoms with Crippen molar-refractivity contribution < 1.29 is 0 Å². The maximum absolute atomic E-state index is 5.31. The lowest BCUT2D eigenvalue weighted by Gasteiger charge is -1.93. The van der Waals surface area contributed by atoms with Gasteiger partial charge in [0.1, 0.15) is 0 Å². The molecule has 1 nitrogen and oxygen atoms in total. The highest BCUT2D eigenvalue weighted by Gasteiger charge is 1.83. The third-order valence-electron chi connectivity index (χ3n) is 1.31. The van der Waals surface area contributed by atoms with Gasteiger partial charge in [0.25, 0.3) is 0 Å². The molecule has 0 aliphatic rings. The van der Waals surface area contributed by atoms with Crippen molar-refractivity contribution >= 4 is 8.41 Å². The van der Waals surface area contributed by atoms with Crippen LogP contribution in [-0.4, -0.2) is 15.0 Å². The lowest BCUT2D eigenvalue weighted by atomic mass is 10.2. The summed E-state index contributed by atoms with van der Waals surface area (Å²) in [5, 5.41) is 0. The van der Waals surface area contributed by atoms with Crippen LogP contribution in [0.2, 0.25) is 0 Å². The fourth-order valence-corrected chi connectivity index (χ4v) is 0.748. The number of unbranched alkanes of at least 4 members (excludes halogenated alkanes) is 4. The van der Waals surface area contributed by atoms with Gasteiger partial charge in [-0.05, 0) is 13.0 Å². The Bertz CT molecular complexity index is 33.9. The van der Waals surface area contributed by atoms with E-state index in [1.165, 1.54) is 32.1 Å². The van der Waals surface area contributed by atoms with Crippen LogP contribution in [0.4, 0.5) is 0 Å². The smallest absolute Gasteiger partial charge is 0.0814 e. The molecule has 0 radical (unpaired) electrons. The summed E-state index contributed by atoms with van der Waals surface area (Å²) in [5.74, 6) is 0. The molecule has 0 spiro atoms. The summed E-state index contributed by atoms with van der Waals surface area (Å²) in [4.78, 5) is 0. The second-order valence-electron chi connectivity index (χ2n) is 2.20. The van der Waals surface area contributed by atoms with Gasteiger partial charge in [-0.1, -0.05) is 32.6 Å². The Morgan fingerprint density at radius 1 is 1.00 bits per heavy atom. The zero-order chi connectivity index (χ0) is 6.24. The normalized spacial score (nSPS) is 8.67. The summed E-state index contributed by atoms with van der Waals surface area (Å²) in [7, 11) is 0. The van der Waals surface area contributed by atoms with Gasteiger partial charge in [0.15, 0.2) is 0 Å². The standard InChI is InChI=1S/C7H17N.BH3/c1-2-3-4-5-6-7-8;/h2-8H2,1H3;1H3. The average molecular weight is 129 g/mol. The number of hydrogen-bond acceptors (Lipinski definition) is 1. The van der Waals surface area contributed by atoms with Gasteiger partial charge in [0.2, 0.25) is 0 Å². The van der Waals surface area contributed by atoms with E-state index < -0.39 is 0 Å². The summed E-state index contributed by atoms with van der Waals surface area (Å²) >= 11 is 0. The van der Waals surface area contributed by atoms with Crippen molar-refractivity contribution in [2.75, 3.05) is 6.54 Å². The van der Waals surface area contributed by atoms with Crippen molar-refractivity contribution in [3.63, 3.8) is 0 Å². The van der Waals surface area contributed by atoms with Crippen LogP contribution in [0.5, 0.6) is 0 Å². The van der Waals surface area contributed by atoms with E-state index in [9.17, 15) is 0 Å². The highest BCUT2D eigenvalue weighted by atomic mass is 14.5. The Morgan fingerprint density at radius 2 is 1.56 bits per heavy atom. The minimum atomic E-state index is 0. The zero-order valence-corrected chi connectivity index (χ0v) is 5.82. The molecule has 0 unspecified atom stereocenters. The van der Waals surface area contributed by atoms with Crippen LogP contribution >= 0.6 is 0 Å². The zero-order valence-electron chi connectivity index (χ0n) is 5.82. The molecule has 0 rings (SSSR count). The molecular weight excluding hydrogens is 109 g/mol. The van der Waals surface area contributed by atoms with E-state index in [0.29, 0.717) is 0 Å². The fraction of sp³-hybridized carbons (Fsp3) is 1.00. The van der Waals surface area contributed by atoms with Crippen LogP contribution < -0.4 is 5.73 Å². The summed E-state index contributed by atoms with van der Waals surface area (Å²) in [6.07, 6.45) is 6.60. The first-order chi connectivity index (χ1) is 3.91. The summed E-state index contributed by atoms with van der Waals surface area (Å²) in [6.45, 7) is 3.09. The van der Waals surface area contributed by atoms with Gasteiger partial charge in [-0.3, -0.25) is 0 Å². The molecule has 2 N–H and O–H groups in total. The van der Waals surface area contributed by atoms with Gasteiger partial charge in [0.05, 0.1) is 8.41 Å². The van der Waals surface area contributed by atoms with Crippen LogP contribution in [0.3, 0.4) is 0 Å². The molecular formula is C7H20BN. The molecule has 0 amide bonds. The molecule has 0 aromatic heterocycles. The van der Waals surface area contributed by atoms with E-state index in [-0.39, 0.29) is 8.41 Å². The number of rotatable bonds is 5. The Hall–Kier alpha value is 0.0249. The Labute approximate surface area is 60.6 Å². The minimum absolute atomic E-state index is 0. The fourth-order valence-electron chi connectivity index (χ4n) is 0.748. The summed E-state index contributed by atoms with van der Waals surface area (Å²) < 4.78 is 0. The number of hydrogen-bond donors (Lipinski definition) is 1. The van der Waals surface area contributed by atoms with E-state index >= 15 is 0 Å². The lowest BCUT2D eigenvalue weighted by Crippen LogP contribution is -1.97. The third kappa shape index (κ3) is 11.5. The van der Waals surface area contributed by atoms with Crippen LogP contribution in [0, 0.1) is 0 Å². The first-order valence-electron chi connectivity index (χ1n) is 3.62. The average Bonchev–Trinajstić information content (AvgIpc) is 1.81. The Morgan fingerprint density at radius 3 is 2.00 bits per heavy atom. The highest BCUT2D eigenvalue weighted by molar-refractivity contribution is 5.75. The summed E-state index contributed by atoms with van der Waals surface area (Å²) in [6, 6.07) is 0. The van der Waals surface area contributed by atoms with Crippen LogP contribution in [0.1, 0.15) is 39.0 Å². The number of nitrogens with two attached hydrogens (primary N) is 1. The monoisotopic (exact) mass is 129 g/mol. The van der Waals surface area contributed by atoms with Gasteiger partial charge in [-0.25, -0.2) is 0 Å². The third-order valence-corrected chi connectivity index (χ3v) is 1.31. The molecule has 0 saturated carbocycles.